The summed E-state index contributed by atoms with van der Waals surface area (Å²) in [6.07, 6.45) is 0.322. The molecule has 13 heavy (non-hydrogen) atoms. The third-order valence-electron chi connectivity index (χ3n) is 1.79. The van der Waals surface area contributed by atoms with E-state index >= 15 is 0 Å². The topological polar surface area (TPSA) is 75.6 Å². The number of alkyl carbamates (subject to hydrolysis) is 1. The maximum Gasteiger partial charge on any atom is 0.407 e. The largest absolute Gasteiger partial charge is 0.480 e. The van der Waals surface area contributed by atoms with Crippen molar-refractivity contribution in [3.8, 4) is 0 Å². The Morgan fingerprint density at radius 3 is 2.38 bits per heavy atom. The lowest BCUT2D eigenvalue weighted by Gasteiger charge is -2.24. The molecule has 0 aromatic heterocycles. The molecule has 0 aromatic rings. The van der Waals surface area contributed by atoms with E-state index < -0.39 is 17.6 Å². The first-order chi connectivity index (χ1) is 5.96. The Balaban J connectivity index is 4.41. The van der Waals surface area contributed by atoms with Crippen molar-refractivity contribution in [2.75, 3.05) is 7.11 Å². The summed E-state index contributed by atoms with van der Waals surface area (Å²) in [5, 5.41) is 11.1. The van der Waals surface area contributed by atoms with Crippen LogP contribution in [0.3, 0.4) is 0 Å². The minimum atomic E-state index is -1.23. The predicted octanol–water partition coefficient (Wildman–Crippen LogP) is 0.986. The molecular weight excluding hydrogens is 174 g/mol. The van der Waals surface area contributed by atoms with Crippen LogP contribution in [0.5, 0.6) is 0 Å². The molecule has 0 aliphatic heterocycles. The van der Waals surface area contributed by atoms with Gasteiger partial charge in [0.25, 0.3) is 0 Å². The summed E-state index contributed by atoms with van der Waals surface area (Å²) in [6.45, 7) is 3.30. The molecule has 2 N–H and O–H groups in total. The van der Waals surface area contributed by atoms with Gasteiger partial charge in [0.15, 0.2) is 0 Å². The molecule has 0 aromatic carbocycles. The number of amides is 1. The van der Waals surface area contributed by atoms with E-state index in [1.807, 2.05) is 6.92 Å². The van der Waals surface area contributed by atoms with Crippen LogP contribution in [0, 0.1) is 0 Å². The molecular formula is C8H15NO4. The highest BCUT2D eigenvalue weighted by atomic mass is 16.5. The number of carboxylic acid groups (broad SMARTS) is 1. The predicted molar refractivity (Wildman–Crippen MR) is 46.5 cm³/mol. The lowest BCUT2D eigenvalue weighted by atomic mass is 9.97. The molecule has 0 aliphatic carbocycles. The molecule has 0 spiro atoms. The molecule has 1 atom stereocenters. The van der Waals surface area contributed by atoms with Crippen molar-refractivity contribution in [1.82, 2.24) is 5.32 Å². The molecule has 76 valence electrons. The summed E-state index contributed by atoms with van der Waals surface area (Å²) in [5.74, 6) is -1.06. The van der Waals surface area contributed by atoms with Crippen molar-refractivity contribution in [3.63, 3.8) is 0 Å². The second-order valence-electron chi connectivity index (χ2n) is 3.00. The zero-order chi connectivity index (χ0) is 10.5. The molecule has 0 radical (unpaired) electrons. The van der Waals surface area contributed by atoms with Crippen LogP contribution in [-0.2, 0) is 9.53 Å². The fourth-order valence-electron chi connectivity index (χ4n) is 0.999. The zero-order valence-electron chi connectivity index (χ0n) is 8.09. The van der Waals surface area contributed by atoms with Crippen molar-refractivity contribution in [2.24, 2.45) is 0 Å². The first-order valence-corrected chi connectivity index (χ1v) is 4.05. The lowest BCUT2D eigenvalue weighted by molar-refractivity contribution is -0.144. The van der Waals surface area contributed by atoms with Crippen LogP contribution in [-0.4, -0.2) is 29.8 Å². The van der Waals surface area contributed by atoms with Gasteiger partial charge in [-0.2, -0.15) is 0 Å². The van der Waals surface area contributed by atoms with Crippen LogP contribution in [0.4, 0.5) is 4.79 Å². The van der Waals surface area contributed by atoms with Crippen LogP contribution < -0.4 is 5.32 Å². The average molecular weight is 189 g/mol. The minimum Gasteiger partial charge on any atom is -0.480 e. The lowest BCUT2D eigenvalue weighted by Crippen LogP contribution is -2.52. The number of ether oxygens (including phenoxy) is 1. The Morgan fingerprint density at radius 2 is 2.08 bits per heavy atom. The summed E-state index contributed by atoms with van der Waals surface area (Å²) in [5.41, 5.74) is -1.23. The van der Waals surface area contributed by atoms with E-state index in [2.05, 4.69) is 10.1 Å². The first-order valence-electron chi connectivity index (χ1n) is 4.05. The van der Waals surface area contributed by atoms with Gasteiger partial charge < -0.3 is 15.2 Å². The normalized spacial score (nSPS) is 14.4. The van der Waals surface area contributed by atoms with Crippen molar-refractivity contribution in [2.45, 2.75) is 32.2 Å². The number of nitrogens with one attached hydrogen (secondary N) is 1. The Bertz CT molecular complexity index is 204. The van der Waals surface area contributed by atoms with Crippen molar-refractivity contribution in [1.29, 1.82) is 0 Å². The number of methoxy groups -OCH3 is 1. The second-order valence-corrected chi connectivity index (χ2v) is 3.00. The van der Waals surface area contributed by atoms with Crippen molar-refractivity contribution in [3.05, 3.63) is 0 Å². The third kappa shape index (κ3) is 3.31. The quantitative estimate of drug-likeness (QED) is 0.691. The molecule has 0 saturated heterocycles. The van der Waals surface area contributed by atoms with Crippen molar-refractivity contribution >= 4 is 12.1 Å². The molecule has 1 amide bonds. The van der Waals surface area contributed by atoms with E-state index in [1.165, 1.54) is 14.0 Å². The van der Waals surface area contributed by atoms with Crippen molar-refractivity contribution < 1.29 is 19.4 Å². The highest BCUT2D eigenvalue weighted by Gasteiger charge is 2.34. The van der Waals surface area contributed by atoms with Gasteiger partial charge >= 0.3 is 12.1 Å². The van der Waals surface area contributed by atoms with E-state index in [1.54, 1.807) is 0 Å². The highest BCUT2D eigenvalue weighted by molar-refractivity contribution is 5.83. The van der Waals surface area contributed by atoms with Gasteiger partial charge in [-0.1, -0.05) is 13.3 Å². The number of carbonyl (C=O) groups excluding carboxylic acids is 1. The van der Waals surface area contributed by atoms with Crippen LogP contribution in [0.15, 0.2) is 0 Å². The molecule has 0 saturated carbocycles. The summed E-state index contributed by atoms with van der Waals surface area (Å²) < 4.78 is 4.33. The molecule has 0 bridgehead atoms. The van der Waals surface area contributed by atoms with E-state index in [-0.39, 0.29) is 0 Å². The van der Waals surface area contributed by atoms with Gasteiger partial charge in [-0.3, -0.25) is 0 Å². The van der Waals surface area contributed by atoms with Gasteiger partial charge in [-0.25, -0.2) is 9.59 Å². The highest BCUT2D eigenvalue weighted by Crippen LogP contribution is 2.12. The van der Waals surface area contributed by atoms with E-state index in [0.717, 1.165) is 0 Å². The van der Waals surface area contributed by atoms with Gasteiger partial charge in [-0.05, 0) is 13.3 Å². The molecule has 5 nitrogen and oxygen atoms in total. The van der Waals surface area contributed by atoms with Crippen LogP contribution >= 0.6 is 0 Å². The summed E-state index contributed by atoms with van der Waals surface area (Å²) in [4.78, 5) is 21.6. The molecule has 0 heterocycles. The molecule has 5 heteroatoms. The van der Waals surface area contributed by atoms with E-state index in [4.69, 9.17) is 5.11 Å². The maximum absolute atomic E-state index is 10.8. The number of hydrogen-bond acceptors (Lipinski definition) is 3. The van der Waals surface area contributed by atoms with Gasteiger partial charge in [0, 0.05) is 0 Å². The molecule has 0 rings (SSSR count). The molecule has 0 unspecified atom stereocenters. The number of aliphatic carboxylic acids is 1. The fraction of sp³-hybridized carbons (Fsp3) is 0.750. The number of carboxylic acids is 1. The summed E-state index contributed by atoms with van der Waals surface area (Å²) in [7, 11) is 1.20. The summed E-state index contributed by atoms with van der Waals surface area (Å²) >= 11 is 0. The fourth-order valence-corrected chi connectivity index (χ4v) is 0.999. The standard InChI is InChI=1S/C8H15NO4/c1-4-5-8(2,6(10)11)9-7(12)13-3/h4-5H2,1-3H3,(H,9,12)(H,10,11)/t8-/m0/s1. The SMILES string of the molecule is CCC[C@](C)(NC(=O)OC)C(=O)O. The summed E-state index contributed by atoms with van der Waals surface area (Å²) in [6, 6.07) is 0. The van der Waals surface area contributed by atoms with E-state index in [0.29, 0.717) is 12.8 Å². The van der Waals surface area contributed by atoms with Crippen LogP contribution in [0.1, 0.15) is 26.7 Å². The Labute approximate surface area is 77.1 Å². The third-order valence-corrected chi connectivity index (χ3v) is 1.79. The van der Waals surface area contributed by atoms with Gasteiger partial charge in [0.05, 0.1) is 7.11 Å². The van der Waals surface area contributed by atoms with E-state index in [9.17, 15) is 9.59 Å². The Morgan fingerprint density at radius 1 is 1.54 bits per heavy atom. The van der Waals surface area contributed by atoms with Crippen LogP contribution in [0.25, 0.3) is 0 Å². The van der Waals surface area contributed by atoms with Crippen LogP contribution in [0.2, 0.25) is 0 Å². The average Bonchev–Trinajstić information content (AvgIpc) is 2.04. The smallest absolute Gasteiger partial charge is 0.407 e. The minimum absolute atomic E-state index is 0.372. The molecule has 0 aliphatic rings. The first kappa shape index (κ1) is 11.7. The molecule has 0 fully saturated rings. The monoisotopic (exact) mass is 189 g/mol. The number of hydrogen-bond donors (Lipinski definition) is 2. The van der Waals surface area contributed by atoms with Gasteiger partial charge in [0.1, 0.15) is 5.54 Å². The second kappa shape index (κ2) is 4.69. The zero-order valence-corrected chi connectivity index (χ0v) is 8.09. The van der Waals surface area contributed by atoms with Gasteiger partial charge in [0.2, 0.25) is 0 Å². The Hall–Kier alpha value is -1.26. The maximum atomic E-state index is 10.8. The Kier molecular flexibility index (Phi) is 4.23. The number of carbonyl (C=O) groups is 2. The number of rotatable bonds is 4. The van der Waals surface area contributed by atoms with Gasteiger partial charge in [-0.15, -0.1) is 0 Å².